The Morgan fingerprint density at radius 1 is 1.09 bits per heavy atom. The first kappa shape index (κ1) is 21.5. The van der Waals surface area contributed by atoms with Crippen molar-refractivity contribution in [1.29, 1.82) is 0 Å². The lowest BCUT2D eigenvalue weighted by Crippen LogP contribution is -2.16. The van der Waals surface area contributed by atoms with Gasteiger partial charge in [-0.3, -0.25) is 9.59 Å². The molecular weight excluding hydrogens is 438 g/mol. The summed E-state index contributed by atoms with van der Waals surface area (Å²) < 4.78 is 27.7. The Kier molecular flexibility index (Phi) is 5.41. The minimum atomic E-state index is -0.447. The van der Waals surface area contributed by atoms with Gasteiger partial charge in [0.15, 0.2) is 5.76 Å². The highest BCUT2D eigenvalue weighted by Gasteiger charge is 2.39. The van der Waals surface area contributed by atoms with Gasteiger partial charge in [0.05, 0.1) is 33.3 Å². The van der Waals surface area contributed by atoms with Crippen molar-refractivity contribution in [2.24, 2.45) is 0 Å². The number of aromatic nitrogens is 1. The van der Waals surface area contributed by atoms with E-state index in [2.05, 4.69) is 4.98 Å². The number of nitrogens with zero attached hydrogens (tertiary/aromatic N) is 1. The Bertz CT molecular complexity index is 1340. The van der Waals surface area contributed by atoms with E-state index >= 15 is 0 Å². The van der Waals surface area contributed by atoms with E-state index in [1.807, 2.05) is 6.07 Å². The number of carbonyl (C=O) groups is 2. The van der Waals surface area contributed by atoms with Crippen LogP contribution in [0, 0.1) is 0 Å². The molecule has 8 heteroatoms. The summed E-state index contributed by atoms with van der Waals surface area (Å²) in [7, 11) is 4.45. The Morgan fingerprint density at radius 3 is 2.71 bits per heavy atom. The fourth-order valence-electron chi connectivity index (χ4n) is 4.23. The summed E-state index contributed by atoms with van der Waals surface area (Å²) in [5.74, 6) is 1.45. The van der Waals surface area contributed by atoms with Crippen LogP contribution in [0.1, 0.15) is 39.4 Å². The van der Waals surface area contributed by atoms with Crippen molar-refractivity contribution in [3.05, 3.63) is 76.7 Å². The van der Waals surface area contributed by atoms with Crippen molar-refractivity contribution in [2.75, 3.05) is 21.3 Å². The summed E-state index contributed by atoms with van der Waals surface area (Å²) in [5.41, 5.74) is 2.38. The van der Waals surface area contributed by atoms with Gasteiger partial charge in [-0.15, -0.1) is 0 Å². The zero-order valence-corrected chi connectivity index (χ0v) is 18.8. The van der Waals surface area contributed by atoms with Gasteiger partial charge in [0.1, 0.15) is 23.0 Å². The van der Waals surface area contributed by atoms with E-state index in [1.165, 1.54) is 7.11 Å². The largest absolute Gasteiger partial charge is 0.497 e. The highest BCUT2D eigenvalue weighted by molar-refractivity contribution is 6.15. The number of fused-ring (bicyclic) bond motifs is 4. The number of ether oxygens (including phenoxy) is 5. The minimum absolute atomic E-state index is 0.0465. The maximum atomic E-state index is 13.2. The first-order chi connectivity index (χ1) is 16.5. The topological polar surface area (TPSA) is 93.2 Å². The fraction of sp³-hybridized carbons (Fsp3) is 0.192. The molecule has 1 aromatic heterocycles. The Hall–Kier alpha value is -4.33. The van der Waals surface area contributed by atoms with Gasteiger partial charge in [-0.1, -0.05) is 6.07 Å². The summed E-state index contributed by atoms with van der Waals surface area (Å²) in [6.07, 6.45) is 3.29. The molecule has 0 spiro atoms. The smallest absolute Gasteiger partial charge is 0.306 e. The molecule has 34 heavy (non-hydrogen) atoms. The molecule has 2 aliphatic rings. The summed E-state index contributed by atoms with van der Waals surface area (Å²) in [4.78, 5) is 29.8. The molecular formula is C26H21NO7. The number of esters is 1. The van der Waals surface area contributed by atoms with E-state index in [4.69, 9.17) is 23.7 Å². The lowest BCUT2D eigenvalue weighted by Gasteiger charge is -2.27. The molecule has 2 aliphatic heterocycles. The average molecular weight is 459 g/mol. The number of pyridine rings is 1. The minimum Gasteiger partial charge on any atom is -0.497 e. The van der Waals surface area contributed by atoms with Crippen molar-refractivity contribution in [3.8, 4) is 28.9 Å². The fourth-order valence-corrected chi connectivity index (χ4v) is 4.23. The summed E-state index contributed by atoms with van der Waals surface area (Å²) in [6, 6.07) is 12.3. The van der Waals surface area contributed by atoms with Crippen LogP contribution in [0.5, 0.6) is 28.9 Å². The molecule has 0 saturated carbocycles. The summed E-state index contributed by atoms with van der Waals surface area (Å²) >= 11 is 0. The number of ketones is 1. The number of carbonyl (C=O) groups excluding carboxylic acids is 2. The van der Waals surface area contributed by atoms with Crippen molar-refractivity contribution < 1.29 is 33.3 Å². The molecule has 1 unspecified atom stereocenters. The van der Waals surface area contributed by atoms with Gasteiger partial charge in [0.2, 0.25) is 11.7 Å². The number of Topliss-reactive ketones (excluding diaryl/α,β-unsaturated/α-hetero) is 1. The number of hydrogen-bond donors (Lipinski definition) is 0. The van der Waals surface area contributed by atoms with E-state index in [0.29, 0.717) is 45.6 Å². The van der Waals surface area contributed by atoms with Crippen LogP contribution in [-0.2, 0) is 9.53 Å². The number of hydrogen-bond acceptors (Lipinski definition) is 8. The standard InChI is InChI=1S/C26H21NO7/c1-30-15-7-6-14(20(12-15)31-2)11-21-24(29)17-8-9-19-23(25(17)33-21)18(13-22(28)32-3)16-5-4-10-27-26(16)34-19/h4-12,18H,13H2,1-3H3/b21-11-. The average Bonchev–Trinajstić information content (AvgIpc) is 3.18. The first-order valence-electron chi connectivity index (χ1n) is 10.6. The molecule has 0 fully saturated rings. The molecule has 172 valence electrons. The molecule has 1 atom stereocenters. The predicted molar refractivity (Wildman–Crippen MR) is 122 cm³/mol. The lowest BCUT2D eigenvalue weighted by atomic mass is 9.85. The van der Waals surface area contributed by atoms with Crippen molar-refractivity contribution in [3.63, 3.8) is 0 Å². The van der Waals surface area contributed by atoms with Crippen molar-refractivity contribution >= 4 is 17.8 Å². The maximum Gasteiger partial charge on any atom is 0.306 e. The third-order valence-corrected chi connectivity index (χ3v) is 5.89. The number of rotatable bonds is 5. The maximum absolute atomic E-state index is 13.2. The highest BCUT2D eigenvalue weighted by Crippen LogP contribution is 2.52. The number of allylic oxidation sites excluding steroid dienone is 1. The first-order valence-corrected chi connectivity index (χ1v) is 10.6. The van der Waals surface area contributed by atoms with Gasteiger partial charge in [0.25, 0.3) is 0 Å². The van der Waals surface area contributed by atoms with Crippen LogP contribution in [0.15, 0.2) is 54.4 Å². The van der Waals surface area contributed by atoms with Gasteiger partial charge in [-0.25, -0.2) is 4.98 Å². The summed E-state index contributed by atoms with van der Waals surface area (Å²) in [5, 5.41) is 0. The van der Waals surface area contributed by atoms with Crippen LogP contribution >= 0.6 is 0 Å². The van der Waals surface area contributed by atoms with E-state index in [0.717, 1.165) is 5.56 Å². The Labute approximate surface area is 195 Å². The molecule has 8 nitrogen and oxygen atoms in total. The van der Waals surface area contributed by atoms with Gasteiger partial charge in [-0.2, -0.15) is 0 Å². The Morgan fingerprint density at radius 2 is 1.94 bits per heavy atom. The van der Waals surface area contributed by atoms with E-state index in [1.54, 1.807) is 62.9 Å². The van der Waals surface area contributed by atoms with Gasteiger partial charge in [0, 0.05) is 34.9 Å². The molecule has 0 bridgehead atoms. The molecule has 3 aromatic rings. The van der Waals surface area contributed by atoms with Gasteiger partial charge in [-0.05, 0) is 36.4 Å². The summed E-state index contributed by atoms with van der Waals surface area (Å²) in [6.45, 7) is 0. The van der Waals surface area contributed by atoms with Crippen molar-refractivity contribution in [2.45, 2.75) is 12.3 Å². The molecule has 3 heterocycles. The molecule has 5 rings (SSSR count). The van der Waals surface area contributed by atoms with Gasteiger partial charge < -0.3 is 23.7 Å². The van der Waals surface area contributed by atoms with Crippen LogP contribution in [0.4, 0.5) is 0 Å². The van der Waals surface area contributed by atoms with E-state index < -0.39 is 11.9 Å². The second kappa shape index (κ2) is 8.55. The molecule has 0 radical (unpaired) electrons. The normalized spacial score (nSPS) is 16.6. The van der Waals surface area contributed by atoms with Crippen LogP contribution in [0.25, 0.3) is 6.08 Å². The Balaban J connectivity index is 1.60. The predicted octanol–water partition coefficient (Wildman–Crippen LogP) is 4.52. The van der Waals surface area contributed by atoms with E-state index in [9.17, 15) is 9.59 Å². The zero-order chi connectivity index (χ0) is 23.8. The molecule has 0 amide bonds. The quantitative estimate of drug-likeness (QED) is 0.406. The number of benzene rings is 2. The monoisotopic (exact) mass is 459 g/mol. The third kappa shape index (κ3) is 3.53. The molecule has 0 N–H and O–H groups in total. The second-order valence-electron chi connectivity index (χ2n) is 7.73. The van der Waals surface area contributed by atoms with Crippen LogP contribution in [-0.4, -0.2) is 38.1 Å². The zero-order valence-electron chi connectivity index (χ0n) is 18.8. The van der Waals surface area contributed by atoms with Crippen LogP contribution < -0.4 is 18.9 Å². The van der Waals surface area contributed by atoms with Crippen molar-refractivity contribution in [1.82, 2.24) is 4.98 Å². The second-order valence-corrected chi connectivity index (χ2v) is 7.73. The van der Waals surface area contributed by atoms with Gasteiger partial charge >= 0.3 is 5.97 Å². The number of methoxy groups -OCH3 is 3. The molecule has 0 saturated heterocycles. The molecule has 0 aliphatic carbocycles. The van der Waals surface area contributed by atoms with Crippen LogP contribution in [0.3, 0.4) is 0 Å². The third-order valence-electron chi connectivity index (χ3n) is 5.89. The SMILES string of the molecule is COC(=O)CC1c2cccnc2Oc2ccc3c(c21)O/C(=C\c1ccc(OC)cc1OC)C3=O. The van der Waals surface area contributed by atoms with Crippen LogP contribution in [0.2, 0.25) is 0 Å². The molecule has 2 aromatic carbocycles. The highest BCUT2D eigenvalue weighted by atomic mass is 16.5. The van der Waals surface area contributed by atoms with E-state index in [-0.39, 0.29) is 18.0 Å². The lowest BCUT2D eigenvalue weighted by molar-refractivity contribution is -0.140.